The van der Waals surface area contributed by atoms with Crippen LogP contribution < -0.4 is 5.73 Å². The summed E-state index contributed by atoms with van der Waals surface area (Å²) in [7, 11) is 1.55. The number of carbonyl (C=O) groups excluding carboxylic acids is 1. The molecule has 1 aromatic rings. The monoisotopic (exact) mass is 274 g/mol. The Kier molecular flexibility index (Phi) is 4.94. The first-order valence-electron chi connectivity index (χ1n) is 5.87. The molecule has 1 aromatic carbocycles. The zero-order chi connectivity index (χ0) is 14.6. The van der Waals surface area contributed by atoms with Crippen LogP contribution >= 0.6 is 0 Å². The third-order valence-electron chi connectivity index (χ3n) is 2.83. The van der Waals surface area contributed by atoms with E-state index in [4.69, 9.17) is 5.73 Å². The summed E-state index contributed by atoms with van der Waals surface area (Å²) >= 11 is 0. The van der Waals surface area contributed by atoms with Crippen LogP contribution in [0.15, 0.2) is 24.3 Å². The van der Waals surface area contributed by atoms with Gasteiger partial charge in [-0.15, -0.1) is 0 Å². The van der Waals surface area contributed by atoms with Crippen molar-refractivity contribution in [2.75, 3.05) is 13.6 Å². The number of alkyl halides is 3. The van der Waals surface area contributed by atoms with Gasteiger partial charge in [-0.3, -0.25) is 4.79 Å². The number of rotatable bonds is 4. The van der Waals surface area contributed by atoms with Gasteiger partial charge in [0, 0.05) is 26.1 Å². The summed E-state index contributed by atoms with van der Waals surface area (Å²) in [6.45, 7) is 2.03. The van der Waals surface area contributed by atoms with Crippen molar-refractivity contribution in [1.29, 1.82) is 0 Å². The summed E-state index contributed by atoms with van der Waals surface area (Å²) in [5.74, 6) is -0.518. The van der Waals surface area contributed by atoms with E-state index >= 15 is 0 Å². The minimum Gasteiger partial charge on any atom is -0.341 e. The van der Waals surface area contributed by atoms with E-state index in [1.54, 1.807) is 20.0 Å². The van der Waals surface area contributed by atoms with E-state index in [9.17, 15) is 18.0 Å². The molecule has 1 amide bonds. The lowest BCUT2D eigenvalue weighted by Gasteiger charge is -2.21. The van der Waals surface area contributed by atoms with Gasteiger partial charge in [0.1, 0.15) is 0 Å². The number of nitrogens with two attached hydrogens (primary N) is 1. The molecule has 6 heteroatoms. The molecule has 0 fully saturated rings. The summed E-state index contributed by atoms with van der Waals surface area (Å²) in [5, 5.41) is 0. The van der Waals surface area contributed by atoms with Gasteiger partial charge in [0.15, 0.2) is 0 Å². The fourth-order valence-corrected chi connectivity index (χ4v) is 1.67. The highest BCUT2D eigenvalue weighted by atomic mass is 19.4. The minimum absolute atomic E-state index is 0.132. The number of hydrogen-bond acceptors (Lipinski definition) is 2. The summed E-state index contributed by atoms with van der Waals surface area (Å²) in [4.78, 5) is 13.2. The van der Waals surface area contributed by atoms with E-state index in [1.165, 1.54) is 11.0 Å². The molecule has 0 radical (unpaired) electrons. The number of amides is 1. The fraction of sp³-hybridized carbons (Fsp3) is 0.462. The van der Waals surface area contributed by atoms with Crippen molar-refractivity contribution in [2.24, 2.45) is 11.7 Å². The molecule has 1 atom stereocenters. The lowest BCUT2D eigenvalue weighted by atomic mass is 10.1. The molecule has 0 bridgehead atoms. The van der Waals surface area contributed by atoms with Crippen molar-refractivity contribution >= 4 is 5.91 Å². The molecule has 106 valence electrons. The van der Waals surface area contributed by atoms with E-state index in [0.717, 1.165) is 12.1 Å². The molecule has 0 aromatic heterocycles. The second-order valence-electron chi connectivity index (χ2n) is 4.53. The average molecular weight is 274 g/mol. The Morgan fingerprint density at radius 3 is 2.58 bits per heavy atom. The predicted octanol–water partition coefficient (Wildman–Crippen LogP) is 2.26. The quantitative estimate of drug-likeness (QED) is 0.915. The van der Waals surface area contributed by atoms with E-state index in [2.05, 4.69) is 0 Å². The van der Waals surface area contributed by atoms with E-state index in [-0.39, 0.29) is 24.9 Å². The van der Waals surface area contributed by atoms with Crippen LogP contribution in [0.1, 0.15) is 18.1 Å². The maximum absolute atomic E-state index is 12.5. The highest BCUT2D eigenvalue weighted by Gasteiger charge is 2.30. The van der Waals surface area contributed by atoms with Crippen molar-refractivity contribution in [2.45, 2.75) is 19.6 Å². The maximum Gasteiger partial charge on any atom is 0.416 e. The van der Waals surface area contributed by atoms with Gasteiger partial charge in [-0.25, -0.2) is 0 Å². The normalized spacial score (nSPS) is 13.2. The maximum atomic E-state index is 12.5. The van der Waals surface area contributed by atoms with E-state index in [0.29, 0.717) is 5.56 Å². The van der Waals surface area contributed by atoms with Crippen molar-refractivity contribution in [1.82, 2.24) is 4.90 Å². The van der Waals surface area contributed by atoms with Gasteiger partial charge in [0.05, 0.1) is 5.56 Å². The molecule has 0 aliphatic carbocycles. The highest BCUT2D eigenvalue weighted by molar-refractivity contribution is 5.78. The molecule has 0 heterocycles. The molecule has 0 aliphatic heterocycles. The Hall–Kier alpha value is -1.56. The van der Waals surface area contributed by atoms with Crippen LogP contribution in [0.4, 0.5) is 13.2 Å². The second kappa shape index (κ2) is 6.06. The molecular formula is C13H17F3N2O. The zero-order valence-electron chi connectivity index (χ0n) is 10.9. The molecule has 0 saturated carbocycles. The largest absolute Gasteiger partial charge is 0.416 e. The number of nitrogens with zero attached hydrogens (tertiary/aromatic N) is 1. The number of carbonyl (C=O) groups is 1. The molecule has 1 unspecified atom stereocenters. The van der Waals surface area contributed by atoms with Gasteiger partial charge in [-0.2, -0.15) is 13.2 Å². The minimum atomic E-state index is -4.37. The first-order valence-corrected chi connectivity index (χ1v) is 5.87. The lowest BCUT2D eigenvalue weighted by molar-refractivity contribution is -0.137. The summed E-state index contributed by atoms with van der Waals surface area (Å²) < 4.78 is 37.6. The van der Waals surface area contributed by atoms with Crippen LogP contribution in [0.5, 0.6) is 0 Å². The van der Waals surface area contributed by atoms with Crippen molar-refractivity contribution in [3.8, 4) is 0 Å². The van der Waals surface area contributed by atoms with Gasteiger partial charge < -0.3 is 10.6 Å². The predicted molar refractivity (Wildman–Crippen MR) is 66.1 cm³/mol. The summed E-state index contributed by atoms with van der Waals surface area (Å²) in [5.41, 5.74) is 5.12. The molecule has 0 spiro atoms. The van der Waals surface area contributed by atoms with Crippen LogP contribution in [0, 0.1) is 5.92 Å². The van der Waals surface area contributed by atoms with Crippen LogP contribution in [0.2, 0.25) is 0 Å². The van der Waals surface area contributed by atoms with Gasteiger partial charge in [-0.05, 0) is 17.7 Å². The summed E-state index contributed by atoms with van der Waals surface area (Å²) in [6, 6.07) is 4.96. The molecule has 0 aliphatic rings. The number of halogens is 3. The number of benzene rings is 1. The molecular weight excluding hydrogens is 257 g/mol. The molecule has 2 N–H and O–H groups in total. The Labute approximate surface area is 110 Å². The van der Waals surface area contributed by atoms with E-state index in [1.807, 2.05) is 0 Å². The standard InChI is InChI=1S/C13H17F3N2O/c1-9(7-17)12(19)18(2)8-10-4-3-5-11(6-10)13(14,15)16/h3-6,9H,7-8,17H2,1-2H3. The first kappa shape index (κ1) is 15.5. The van der Waals surface area contributed by atoms with Gasteiger partial charge in [-0.1, -0.05) is 19.1 Å². The average Bonchev–Trinajstić information content (AvgIpc) is 2.36. The lowest BCUT2D eigenvalue weighted by Crippen LogP contribution is -2.34. The fourth-order valence-electron chi connectivity index (χ4n) is 1.67. The first-order chi connectivity index (χ1) is 8.75. The third-order valence-corrected chi connectivity index (χ3v) is 2.83. The van der Waals surface area contributed by atoms with Crippen molar-refractivity contribution in [3.05, 3.63) is 35.4 Å². The van der Waals surface area contributed by atoms with Crippen LogP contribution in [-0.4, -0.2) is 24.4 Å². The van der Waals surface area contributed by atoms with Gasteiger partial charge in [0.2, 0.25) is 5.91 Å². The topological polar surface area (TPSA) is 46.3 Å². The molecule has 1 rings (SSSR count). The van der Waals surface area contributed by atoms with Crippen LogP contribution in [0.25, 0.3) is 0 Å². The Morgan fingerprint density at radius 1 is 1.42 bits per heavy atom. The third kappa shape index (κ3) is 4.24. The SMILES string of the molecule is CC(CN)C(=O)N(C)Cc1cccc(C(F)(F)F)c1. The zero-order valence-corrected chi connectivity index (χ0v) is 10.9. The Balaban J connectivity index is 2.80. The molecule has 19 heavy (non-hydrogen) atoms. The van der Waals surface area contributed by atoms with Gasteiger partial charge >= 0.3 is 6.18 Å². The van der Waals surface area contributed by atoms with Crippen molar-refractivity contribution in [3.63, 3.8) is 0 Å². The van der Waals surface area contributed by atoms with Crippen LogP contribution in [-0.2, 0) is 17.5 Å². The smallest absolute Gasteiger partial charge is 0.341 e. The van der Waals surface area contributed by atoms with Gasteiger partial charge in [0.25, 0.3) is 0 Å². The molecule has 0 saturated heterocycles. The van der Waals surface area contributed by atoms with Crippen LogP contribution in [0.3, 0.4) is 0 Å². The Bertz CT molecular complexity index is 446. The summed E-state index contributed by atoms with van der Waals surface area (Å²) in [6.07, 6.45) is -4.37. The number of hydrogen-bond donors (Lipinski definition) is 1. The molecule has 3 nitrogen and oxygen atoms in total. The Morgan fingerprint density at radius 2 is 2.05 bits per heavy atom. The second-order valence-corrected chi connectivity index (χ2v) is 4.53. The van der Waals surface area contributed by atoms with E-state index < -0.39 is 11.7 Å². The highest BCUT2D eigenvalue weighted by Crippen LogP contribution is 2.29. The van der Waals surface area contributed by atoms with Crippen molar-refractivity contribution < 1.29 is 18.0 Å².